The molecule has 0 spiro atoms. The molecule has 0 bridgehead atoms. The number of likely N-dealkylation sites (N-methyl/N-ethyl adjacent to an activating group) is 1. The fourth-order valence-electron chi connectivity index (χ4n) is 2.28. The Balaban J connectivity index is 2.67. The van der Waals surface area contributed by atoms with Gasteiger partial charge in [-0.05, 0) is 13.3 Å². The lowest BCUT2D eigenvalue weighted by atomic mass is 10.1. The zero-order valence-electron chi connectivity index (χ0n) is 16.1. The van der Waals surface area contributed by atoms with E-state index < -0.39 is 40.9 Å². The summed E-state index contributed by atoms with van der Waals surface area (Å²) in [4.78, 5) is 12.7. The van der Waals surface area contributed by atoms with Gasteiger partial charge < -0.3 is 25.1 Å². The van der Waals surface area contributed by atoms with Gasteiger partial charge in [-0.1, -0.05) is 6.58 Å². The summed E-state index contributed by atoms with van der Waals surface area (Å²) in [5.41, 5.74) is -2.12. The number of nitrogens with one attached hydrogen (secondary N) is 2. The number of carbonyl (C=O) groups is 1. The van der Waals surface area contributed by atoms with Crippen molar-refractivity contribution in [3.63, 3.8) is 0 Å². The minimum Gasteiger partial charge on any atom is -0.371 e. The van der Waals surface area contributed by atoms with Gasteiger partial charge in [-0.2, -0.15) is 13.2 Å². The Kier molecular flexibility index (Phi) is 9.44. The molecular weight excluding hydrogens is 401 g/mol. The monoisotopic (exact) mass is 425 g/mol. The quantitative estimate of drug-likeness (QED) is 0.185. The van der Waals surface area contributed by atoms with E-state index in [-0.39, 0.29) is 19.0 Å². The molecule has 29 heavy (non-hydrogen) atoms. The van der Waals surface area contributed by atoms with Crippen molar-refractivity contribution in [3.8, 4) is 0 Å². The smallest absolute Gasteiger partial charge is 0.371 e. The average molecular weight is 425 g/mol. The topological polar surface area (TPSA) is 74.7 Å². The van der Waals surface area contributed by atoms with Crippen LogP contribution in [0.1, 0.15) is 19.8 Å². The fraction of sp³-hybridized carbons (Fsp3) is 0.556. The maximum absolute atomic E-state index is 14.3. The van der Waals surface area contributed by atoms with Crippen LogP contribution in [0.15, 0.2) is 35.6 Å². The first-order valence-electron chi connectivity index (χ1n) is 8.76. The van der Waals surface area contributed by atoms with E-state index in [1.807, 2.05) is 0 Å². The van der Waals surface area contributed by atoms with E-state index in [1.165, 1.54) is 0 Å². The molecule has 0 aliphatic carbocycles. The van der Waals surface area contributed by atoms with Crippen molar-refractivity contribution in [2.24, 2.45) is 0 Å². The number of ether oxygens (including phenoxy) is 2. The fourth-order valence-corrected chi connectivity index (χ4v) is 2.28. The first-order valence-corrected chi connectivity index (χ1v) is 8.76. The molecule has 1 aliphatic heterocycles. The number of nitrogens with zero attached hydrogens (tertiary/aromatic N) is 1. The molecule has 6 nitrogen and oxygen atoms in total. The van der Waals surface area contributed by atoms with Gasteiger partial charge in [0.2, 0.25) is 0 Å². The highest BCUT2D eigenvalue weighted by Gasteiger charge is 2.33. The van der Waals surface area contributed by atoms with Crippen LogP contribution in [-0.2, 0) is 14.3 Å². The third-order valence-corrected chi connectivity index (χ3v) is 4.14. The molecular formula is C18H24F5N3O3. The van der Waals surface area contributed by atoms with Crippen molar-refractivity contribution in [1.29, 1.82) is 5.41 Å². The zero-order chi connectivity index (χ0) is 22.2. The summed E-state index contributed by atoms with van der Waals surface area (Å²) in [6, 6.07) is -1.46. The van der Waals surface area contributed by atoms with Crippen LogP contribution < -0.4 is 5.32 Å². The second-order valence-corrected chi connectivity index (χ2v) is 6.28. The summed E-state index contributed by atoms with van der Waals surface area (Å²) in [5, 5.41) is 9.18. The molecule has 1 heterocycles. The number of rotatable bonds is 10. The van der Waals surface area contributed by atoms with Crippen molar-refractivity contribution in [3.05, 3.63) is 35.6 Å². The lowest BCUT2D eigenvalue weighted by molar-refractivity contribution is -0.117. The van der Waals surface area contributed by atoms with Crippen molar-refractivity contribution < 1.29 is 36.2 Å². The van der Waals surface area contributed by atoms with Crippen LogP contribution in [-0.4, -0.2) is 62.3 Å². The lowest BCUT2D eigenvalue weighted by Gasteiger charge is -2.23. The van der Waals surface area contributed by atoms with Gasteiger partial charge in [0.25, 0.3) is 5.91 Å². The number of alkyl halides is 3. The third-order valence-electron chi connectivity index (χ3n) is 4.14. The number of amides is 1. The second kappa shape index (κ2) is 11.1. The molecule has 1 aliphatic rings. The predicted octanol–water partition coefficient (Wildman–Crippen LogP) is 3.38. The molecule has 0 radical (unpaired) electrons. The Morgan fingerprint density at radius 1 is 1.34 bits per heavy atom. The molecule has 1 saturated heterocycles. The van der Waals surface area contributed by atoms with Gasteiger partial charge in [-0.3, -0.25) is 4.79 Å². The van der Waals surface area contributed by atoms with Gasteiger partial charge in [-0.25, -0.2) is 8.78 Å². The first-order chi connectivity index (χ1) is 13.5. The maximum Gasteiger partial charge on any atom is 0.419 e. The SMILES string of the molecule is C=C(C(=O)NCCCC1OCCO1)/C(F)=C(/F)C(C)N(C)/C=C(\C=N)C(F)(F)F. The van der Waals surface area contributed by atoms with Crippen LogP contribution in [0.4, 0.5) is 22.0 Å². The molecule has 2 N–H and O–H groups in total. The number of carbonyl (C=O) groups excluding carboxylic acids is 1. The van der Waals surface area contributed by atoms with Crippen LogP contribution in [0.2, 0.25) is 0 Å². The number of halogens is 5. The lowest BCUT2D eigenvalue weighted by Crippen LogP contribution is -2.30. The number of allylic oxidation sites excluding steroid dienone is 1. The Labute approximate surface area is 165 Å². The molecule has 11 heteroatoms. The summed E-state index contributed by atoms with van der Waals surface area (Å²) in [7, 11) is 1.09. The summed E-state index contributed by atoms with van der Waals surface area (Å²) < 4.78 is 77.0. The van der Waals surface area contributed by atoms with Crippen LogP contribution in [0.25, 0.3) is 0 Å². The maximum atomic E-state index is 14.3. The average Bonchev–Trinajstić information content (AvgIpc) is 3.19. The molecule has 1 unspecified atom stereocenters. The van der Waals surface area contributed by atoms with E-state index >= 15 is 0 Å². The minimum absolute atomic E-state index is 0.0647. The van der Waals surface area contributed by atoms with Crippen molar-refractivity contribution in [1.82, 2.24) is 10.2 Å². The standard InChI is InChI=1S/C18H24F5N3O3/c1-11(17(27)25-6-4-5-14-28-7-8-29-14)15(19)16(20)12(2)26(3)10-13(9-24)18(21,22)23/h9-10,12,14,24H,1,4-8H2,2-3H3,(H,25,27)/b13-10+,16-15-,24-9?. The molecule has 1 fully saturated rings. The molecule has 0 saturated carbocycles. The highest BCUT2D eigenvalue weighted by molar-refractivity contribution is 5.96. The minimum atomic E-state index is -4.81. The van der Waals surface area contributed by atoms with Gasteiger partial charge in [0, 0.05) is 32.4 Å². The molecule has 164 valence electrons. The van der Waals surface area contributed by atoms with Gasteiger partial charge in [0.05, 0.1) is 30.4 Å². The third kappa shape index (κ3) is 7.58. The summed E-state index contributed by atoms with van der Waals surface area (Å²) in [6.45, 7) is 5.46. The largest absolute Gasteiger partial charge is 0.419 e. The molecule has 0 aromatic heterocycles. The van der Waals surface area contributed by atoms with Crippen molar-refractivity contribution >= 4 is 12.1 Å². The Morgan fingerprint density at radius 3 is 2.45 bits per heavy atom. The van der Waals surface area contributed by atoms with Crippen LogP contribution in [0, 0.1) is 5.41 Å². The summed E-state index contributed by atoms with van der Waals surface area (Å²) >= 11 is 0. The van der Waals surface area contributed by atoms with Crippen molar-refractivity contribution in [2.45, 2.75) is 38.3 Å². The highest BCUT2D eigenvalue weighted by atomic mass is 19.4. The van der Waals surface area contributed by atoms with E-state index in [0.29, 0.717) is 32.3 Å². The molecule has 0 aromatic rings. The molecule has 1 atom stereocenters. The van der Waals surface area contributed by atoms with Gasteiger partial charge in [0.1, 0.15) is 0 Å². The molecule has 1 rings (SSSR count). The molecule has 0 aromatic carbocycles. The normalized spacial score (nSPS) is 17.6. The second-order valence-electron chi connectivity index (χ2n) is 6.28. The number of hydrogen-bond acceptors (Lipinski definition) is 5. The Hall–Kier alpha value is -2.27. The number of hydrogen-bond donors (Lipinski definition) is 2. The van der Waals surface area contributed by atoms with E-state index in [2.05, 4.69) is 11.9 Å². The van der Waals surface area contributed by atoms with Gasteiger partial charge >= 0.3 is 6.18 Å². The van der Waals surface area contributed by atoms with E-state index in [4.69, 9.17) is 14.9 Å². The van der Waals surface area contributed by atoms with Crippen LogP contribution in [0.3, 0.4) is 0 Å². The molecule has 1 amide bonds. The van der Waals surface area contributed by atoms with Crippen LogP contribution in [0.5, 0.6) is 0 Å². The predicted molar refractivity (Wildman–Crippen MR) is 96.5 cm³/mol. The summed E-state index contributed by atoms with van der Waals surface area (Å²) in [5.74, 6) is -3.95. The Bertz CT molecular complexity index is 670. The highest BCUT2D eigenvalue weighted by Crippen LogP contribution is 2.27. The van der Waals surface area contributed by atoms with Crippen LogP contribution >= 0.6 is 0 Å². The van der Waals surface area contributed by atoms with Crippen molar-refractivity contribution in [2.75, 3.05) is 26.8 Å². The first kappa shape index (κ1) is 24.8. The van der Waals surface area contributed by atoms with Gasteiger partial charge in [-0.15, -0.1) is 0 Å². The van der Waals surface area contributed by atoms with E-state index in [0.717, 1.165) is 18.9 Å². The van der Waals surface area contributed by atoms with E-state index in [9.17, 15) is 26.7 Å². The van der Waals surface area contributed by atoms with E-state index in [1.54, 1.807) is 0 Å². The Morgan fingerprint density at radius 2 is 1.93 bits per heavy atom. The summed E-state index contributed by atoms with van der Waals surface area (Å²) in [6.07, 6.45) is -3.63. The zero-order valence-corrected chi connectivity index (χ0v) is 16.1. The van der Waals surface area contributed by atoms with Gasteiger partial charge in [0.15, 0.2) is 17.9 Å².